The van der Waals surface area contributed by atoms with Crippen molar-refractivity contribution in [3.63, 3.8) is 0 Å². The van der Waals surface area contributed by atoms with Crippen molar-refractivity contribution in [2.75, 3.05) is 31.5 Å². The normalized spacial score (nSPS) is 22.0. The third kappa shape index (κ3) is 5.96. The minimum atomic E-state index is -0.655. The van der Waals surface area contributed by atoms with E-state index in [1.165, 1.54) is 31.0 Å². The van der Waals surface area contributed by atoms with Gasteiger partial charge in [0.1, 0.15) is 11.6 Å². The van der Waals surface area contributed by atoms with Crippen LogP contribution >= 0.6 is 0 Å². The molecule has 7 nitrogen and oxygen atoms in total. The van der Waals surface area contributed by atoms with Gasteiger partial charge in [-0.25, -0.2) is 8.78 Å². The summed E-state index contributed by atoms with van der Waals surface area (Å²) in [5.41, 5.74) is 2.44. The molecule has 3 aliphatic rings. The van der Waals surface area contributed by atoms with Gasteiger partial charge in [-0.05, 0) is 99.3 Å². The number of rotatable bonds is 8. The first-order chi connectivity index (χ1) is 20.6. The highest BCUT2D eigenvalue weighted by molar-refractivity contribution is 6.05. The zero-order chi connectivity index (χ0) is 30.3. The van der Waals surface area contributed by atoms with Gasteiger partial charge in [0.2, 0.25) is 11.8 Å². The second-order valence-electron chi connectivity index (χ2n) is 13.3. The van der Waals surface area contributed by atoms with Crippen LogP contribution in [0.4, 0.5) is 14.5 Å². The molecule has 43 heavy (non-hydrogen) atoms. The number of anilines is 1. The maximum Gasteiger partial charge on any atom is 0.231 e. The lowest BCUT2D eigenvalue weighted by molar-refractivity contribution is -0.126. The number of halogens is 2. The number of hydrogen-bond donors (Lipinski definition) is 2. The highest BCUT2D eigenvalue weighted by Crippen LogP contribution is 2.44. The SMILES string of the molecule is CC1(C)CC(=O)n2c(c(-c3cc(F)c(C=O)c(NC4CCC(C(=O)NCCN5CCCC5)CC4)c3)c3ccc(F)cc32)C1. The van der Waals surface area contributed by atoms with Crippen LogP contribution in [0.3, 0.4) is 0 Å². The van der Waals surface area contributed by atoms with Gasteiger partial charge in [-0.1, -0.05) is 13.8 Å². The van der Waals surface area contributed by atoms with E-state index in [-0.39, 0.29) is 34.8 Å². The first kappa shape index (κ1) is 29.5. The van der Waals surface area contributed by atoms with Crippen LogP contribution in [-0.4, -0.2) is 59.8 Å². The Hall–Kier alpha value is -3.59. The molecule has 0 atom stereocenters. The van der Waals surface area contributed by atoms with E-state index in [1.807, 2.05) is 13.8 Å². The molecular weight excluding hydrogens is 550 g/mol. The maximum absolute atomic E-state index is 15.5. The first-order valence-corrected chi connectivity index (χ1v) is 15.6. The van der Waals surface area contributed by atoms with Crippen LogP contribution in [0.2, 0.25) is 0 Å². The Bertz CT molecular complexity index is 1570. The number of aromatic nitrogens is 1. The van der Waals surface area contributed by atoms with Gasteiger partial charge in [-0.15, -0.1) is 0 Å². The average molecular weight is 591 g/mol. The van der Waals surface area contributed by atoms with E-state index in [0.29, 0.717) is 66.2 Å². The van der Waals surface area contributed by atoms with Crippen LogP contribution in [-0.2, 0) is 11.2 Å². The van der Waals surface area contributed by atoms with Gasteiger partial charge < -0.3 is 15.5 Å². The number of nitrogens with one attached hydrogen (secondary N) is 2. The van der Waals surface area contributed by atoms with E-state index in [4.69, 9.17) is 0 Å². The van der Waals surface area contributed by atoms with Gasteiger partial charge in [0.25, 0.3) is 0 Å². The van der Waals surface area contributed by atoms with Crippen LogP contribution in [0.15, 0.2) is 30.3 Å². The van der Waals surface area contributed by atoms with Crippen LogP contribution in [0.1, 0.15) is 79.6 Å². The molecule has 1 saturated heterocycles. The van der Waals surface area contributed by atoms with Crippen molar-refractivity contribution in [1.82, 2.24) is 14.8 Å². The molecule has 0 bridgehead atoms. The fourth-order valence-electron chi connectivity index (χ4n) is 7.30. The molecule has 228 valence electrons. The highest BCUT2D eigenvalue weighted by Gasteiger charge is 2.36. The summed E-state index contributed by atoms with van der Waals surface area (Å²) in [4.78, 5) is 40.4. The van der Waals surface area contributed by atoms with Crippen LogP contribution < -0.4 is 10.6 Å². The van der Waals surface area contributed by atoms with Crippen molar-refractivity contribution in [3.8, 4) is 11.1 Å². The number of fused-ring (bicyclic) bond motifs is 3. The first-order valence-electron chi connectivity index (χ1n) is 15.6. The number of amides is 1. The summed E-state index contributed by atoms with van der Waals surface area (Å²) >= 11 is 0. The van der Waals surface area contributed by atoms with Gasteiger partial charge in [0.05, 0.1) is 11.1 Å². The number of carbonyl (C=O) groups is 3. The summed E-state index contributed by atoms with van der Waals surface area (Å²) in [5.74, 6) is -1.17. The molecule has 1 aromatic heterocycles. The second kappa shape index (κ2) is 11.8. The molecule has 1 amide bonds. The molecule has 2 aromatic carbocycles. The topological polar surface area (TPSA) is 83.4 Å². The molecule has 6 rings (SSSR count). The minimum Gasteiger partial charge on any atom is -0.382 e. The lowest BCUT2D eigenvalue weighted by Gasteiger charge is -2.31. The van der Waals surface area contributed by atoms with Crippen molar-refractivity contribution in [3.05, 3.63) is 53.2 Å². The number of nitrogens with zero attached hydrogens (tertiary/aromatic N) is 2. The summed E-state index contributed by atoms with van der Waals surface area (Å²) in [6, 6.07) is 7.44. The van der Waals surface area contributed by atoms with Gasteiger partial charge in [0.15, 0.2) is 6.29 Å². The average Bonchev–Trinajstić information content (AvgIpc) is 3.58. The lowest BCUT2D eigenvalue weighted by Crippen LogP contribution is -2.39. The Morgan fingerprint density at radius 2 is 1.79 bits per heavy atom. The van der Waals surface area contributed by atoms with Gasteiger partial charge in [0, 0.05) is 53.8 Å². The summed E-state index contributed by atoms with van der Waals surface area (Å²) in [6.07, 6.45) is 6.74. The molecule has 3 heterocycles. The fraction of sp³-hybridized carbons (Fsp3) is 0.500. The van der Waals surface area contributed by atoms with E-state index in [9.17, 15) is 18.8 Å². The lowest BCUT2D eigenvalue weighted by atomic mass is 9.80. The Balaban J connectivity index is 1.23. The Labute approximate surface area is 251 Å². The maximum atomic E-state index is 15.5. The minimum absolute atomic E-state index is 0.0173. The Kier molecular flexibility index (Phi) is 8.11. The van der Waals surface area contributed by atoms with Gasteiger partial charge in [-0.2, -0.15) is 0 Å². The molecule has 1 saturated carbocycles. The van der Waals surface area contributed by atoms with Crippen molar-refractivity contribution in [2.24, 2.45) is 11.3 Å². The Morgan fingerprint density at radius 3 is 2.51 bits per heavy atom. The van der Waals surface area contributed by atoms with E-state index in [0.717, 1.165) is 38.2 Å². The number of aldehydes is 1. The monoisotopic (exact) mass is 590 g/mol. The zero-order valence-corrected chi connectivity index (χ0v) is 25.0. The quantitative estimate of drug-likeness (QED) is 0.306. The molecule has 0 unspecified atom stereocenters. The van der Waals surface area contributed by atoms with Gasteiger partial charge >= 0.3 is 0 Å². The highest BCUT2D eigenvalue weighted by atomic mass is 19.1. The van der Waals surface area contributed by atoms with Crippen LogP contribution in [0.5, 0.6) is 0 Å². The van der Waals surface area contributed by atoms with Crippen LogP contribution in [0, 0.1) is 23.0 Å². The fourth-order valence-corrected chi connectivity index (χ4v) is 7.30. The van der Waals surface area contributed by atoms with Crippen molar-refractivity contribution < 1.29 is 23.2 Å². The summed E-state index contributed by atoms with van der Waals surface area (Å²) in [5, 5.41) is 7.17. The summed E-state index contributed by atoms with van der Waals surface area (Å²) in [6.45, 7) is 7.80. The number of benzene rings is 2. The molecule has 2 N–H and O–H groups in total. The van der Waals surface area contributed by atoms with Crippen molar-refractivity contribution in [2.45, 2.75) is 71.3 Å². The van der Waals surface area contributed by atoms with Crippen molar-refractivity contribution in [1.29, 1.82) is 0 Å². The molecular formula is C34H40F2N4O3. The van der Waals surface area contributed by atoms with E-state index < -0.39 is 11.6 Å². The predicted octanol–water partition coefficient (Wildman–Crippen LogP) is 6.19. The Morgan fingerprint density at radius 1 is 1.05 bits per heavy atom. The third-order valence-electron chi connectivity index (χ3n) is 9.47. The number of carbonyl (C=O) groups excluding carboxylic acids is 3. The smallest absolute Gasteiger partial charge is 0.231 e. The molecule has 2 fully saturated rings. The van der Waals surface area contributed by atoms with Crippen LogP contribution in [0.25, 0.3) is 22.0 Å². The van der Waals surface area contributed by atoms with Crippen molar-refractivity contribution >= 4 is 34.7 Å². The van der Waals surface area contributed by atoms with E-state index >= 15 is 4.39 Å². The van der Waals surface area contributed by atoms with Gasteiger partial charge in [-0.3, -0.25) is 19.0 Å². The molecule has 3 aromatic rings. The third-order valence-corrected chi connectivity index (χ3v) is 9.47. The largest absolute Gasteiger partial charge is 0.382 e. The molecule has 2 aliphatic heterocycles. The molecule has 1 aliphatic carbocycles. The number of hydrogen-bond acceptors (Lipinski definition) is 5. The standard InChI is InChI=1S/C34H40F2N4O3/c1-34(2)18-30-32(25-10-7-23(35)17-29(25)40(30)31(42)19-34)22-15-27(36)26(20-41)28(16-22)38-24-8-5-21(6-9-24)33(43)37-11-14-39-12-3-4-13-39/h7,10,15-17,20-21,24,38H,3-6,8-9,11-14,18-19H2,1-2H3,(H,37,43). The van der Waals surface area contributed by atoms with E-state index in [2.05, 4.69) is 15.5 Å². The summed E-state index contributed by atoms with van der Waals surface area (Å²) < 4.78 is 31.4. The zero-order valence-electron chi connectivity index (χ0n) is 25.0. The number of likely N-dealkylation sites (tertiary alicyclic amines) is 1. The second-order valence-corrected chi connectivity index (χ2v) is 13.3. The summed E-state index contributed by atoms with van der Waals surface area (Å²) in [7, 11) is 0. The molecule has 0 radical (unpaired) electrons. The van der Waals surface area contributed by atoms with E-state index in [1.54, 1.807) is 16.7 Å². The molecule has 0 spiro atoms. The predicted molar refractivity (Wildman–Crippen MR) is 163 cm³/mol. The molecule has 9 heteroatoms.